The van der Waals surface area contributed by atoms with Crippen LogP contribution in [-0.2, 0) is 0 Å². The van der Waals surface area contributed by atoms with Gasteiger partial charge >= 0.3 is 0 Å². The van der Waals surface area contributed by atoms with Crippen molar-refractivity contribution in [2.75, 3.05) is 6.54 Å². The highest BCUT2D eigenvalue weighted by atomic mass is 16.3. The molecular formula is C16H18N2O3. The van der Waals surface area contributed by atoms with Crippen LogP contribution in [0.3, 0.4) is 0 Å². The maximum absolute atomic E-state index is 12.5. The smallest absolute Gasteiger partial charge is 0.270 e. The lowest BCUT2D eigenvalue weighted by atomic mass is 10.1. The first kappa shape index (κ1) is 14.8. The molecule has 0 saturated carbocycles. The summed E-state index contributed by atoms with van der Waals surface area (Å²) in [4.78, 5) is 28.0. The van der Waals surface area contributed by atoms with Gasteiger partial charge in [-0.2, -0.15) is 0 Å². The molecule has 2 N–H and O–H groups in total. The van der Waals surface area contributed by atoms with Gasteiger partial charge in [-0.3, -0.25) is 9.59 Å². The van der Waals surface area contributed by atoms with Gasteiger partial charge in [0, 0.05) is 12.6 Å². The normalized spacial score (nSPS) is 11.9. The minimum Gasteiger partial charge on any atom is -0.508 e. The number of aromatic hydroxyl groups is 1. The molecule has 0 aliphatic rings. The lowest BCUT2D eigenvalue weighted by Gasteiger charge is -2.28. The molecule has 0 aliphatic heterocycles. The fourth-order valence-electron chi connectivity index (χ4n) is 2.29. The second-order valence-electron chi connectivity index (χ2n) is 4.79. The number of carbonyl (C=O) groups is 1. The molecule has 0 fully saturated rings. The zero-order valence-electron chi connectivity index (χ0n) is 12.0. The fourth-order valence-corrected chi connectivity index (χ4v) is 2.29. The number of amides is 1. The van der Waals surface area contributed by atoms with Gasteiger partial charge in [-0.25, -0.2) is 0 Å². The van der Waals surface area contributed by atoms with Gasteiger partial charge in [-0.05, 0) is 37.6 Å². The number of hydrogen-bond acceptors (Lipinski definition) is 3. The van der Waals surface area contributed by atoms with Gasteiger partial charge in [-0.15, -0.1) is 0 Å². The molecular weight excluding hydrogens is 268 g/mol. The molecule has 0 radical (unpaired) electrons. The Bertz CT molecular complexity index is 694. The summed E-state index contributed by atoms with van der Waals surface area (Å²) in [5.74, 6) is -0.0815. The largest absolute Gasteiger partial charge is 0.508 e. The summed E-state index contributed by atoms with van der Waals surface area (Å²) in [5.41, 5.74) is 0.793. The zero-order valence-corrected chi connectivity index (χ0v) is 12.0. The first-order valence-corrected chi connectivity index (χ1v) is 6.82. The van der Waals surface area contributed by atoms with Crippen LogP contribution in [0, 0.1) is 0 Å². The molecule has 1 aromatic heterocycles. The van der Waals surface area contributed by atoms with E-state index in [1.165, 1.54) is 6.07 Å². The third kappa shape index (κ3) is 3.31. The lowest BCUT2D eigenvalue weighted by Crippen LogP contribution is -2.34. The number of aromatic amines is 1. The average Bonchev–Trinajstić information content (AvgIpc) is 2.47. The Labute approximate surface area is 122 Å². The van der Waals surface area contributed by atoms with Crippen molar-refractivity contribution in [2.45, 2.75) is 19.9 Å². The van der Waals surface area contributed by atoms with Gasteiger partial charge in [0.1, 0.15) is 11.4 Å². The molecule has 0 spiro atoms. The summed E-state index contributed by atoms with van der Waals surface area (Å²) < 4.78 is 0. The van der Waals surface area contributed by atoms with Gasteiger partial charge in [-0.1, -0.05) is 18.2 Å². The second kappa shape index (κ2) is 6.26. The Morgan fingerprint density at radius 1 is 1.29 bits per heavy atom. The molecule has 0 aliphatic carbocycles. The van der Waals surface area contributed by atoms with Crippen LogP contribution >= 0.6 is 0 Å². The summed E-state index contributed by atoms with van der Waals surface area (Å²) in [6.45, 7) is 4.25. The number of aromatic nitrogens is 1. The van der Waals surface area contributed by atoms with Crippen molar-refractivity contribution in [1.82, 2.24) is 9.88 Å². The number of phenolic OH excluding ortho intramolecular Hbond substituents is 1. The first-order chi connectivity index (χ1) is 10.0. The van der Waals surface area contributed by atoms with Gasteiger partial charge in [0.05, 0.1) is 6.04 Å². The highest BCUT2D eigenvalue weighted by Gasteiger charge is 2.22. The van der Waals surface area contributed by atoms with E-state index in [1.54, 1.807) is 35.2 Å². The zero-order chi connectivity index (χ0) is 15.4. The molecule has 0 saturated heterocycles. The number of phenols is 1. The number of rotatable bonds is 4. The number of nitrogens with zero attached hydrogens (tertiary/aromatic N) is 1. The van der Waals surface area contributed by atoms with E-state index in [4.69, 9.17) is 0 Å². The van der Waals surface area contributed by atoms with E-state index in [2.05, 4.69) is 4.98 Å². The molecule has 2 rings (SSSR count). The Kier molecular flexibility index (Phi) is 4.42. The van der Waals surface area contributed by atoms with E-state index >= 15 is 0 Å². The summed E-state index contributed by atoms with van der Waals surface area (Å²) in [5, 5.41) is 9.56. The van der Waals surface area contributed by atoms with E-state index in [0.717, 1.165) is 5.56 Å². The predicted molar refractivity (Wildman–Crippen MR) is 80.3 cm³/mol. The van der Waals surface area contributed by atoms with Crippen LogP contribution in [0.4, 0.5) is 0 Å². The summed E-state index contributed by atoms with van der Waals surface area (Å²) >= 11 is 0. The number of pyridine rings is 1. The number of hydrogen-bond donors (Lipinski definition) is 2. The Morgan fingerprint density at radius 3 is 2.62 bits per heavy atom. The van der Waals surface area contributed by atoms with Crippen molar-refractivity contribution in [3.8, 4) is 5.75 Å². The summed E-state index contributed by atoms with van der Waals surface area (Å²) in [6, 6.07) is 11.1. The molecule has 1 amide bonds. The number of nitrogens with one attached hydrogen (secondary N) is 1. The Balaban J connectivity index is 2.30. The SMILES string of the molecule is CCN(C(=O)c1cccc(=O)[nH]1)C(C)c1cccc(O)c1. The minimum absolute atomic E-state index is 0.163. The van der Waals surface area contributed by atoms with Crippen molar-refractivity contribution < 1.29 is 9.90 Å². The predicted octanol–water partition coefficient (Wildman–Crippen LogP) is 2.30. The maximum Gasteiger partial charge on any atom is 0.270 e. The van der Waals surface area contributed by atoms with Crippen LogP contribution in [0.5, 0.6) is 5.75 Å². The Hall–Kier alpha value is -2.56. The second-order valence-corrected chi connectivity index (χ2v) is 4.79. The number of carbonyl (C=O) groups excluding carboxylic acids is 1. The lowest BCUT2D eigenvalue weighted by molar-refractivity contribution is 0.0695. The fraction of sp³-hybridized carbons (Fsp3) is 0.250. The van der Waals surface area contributed by atoms with Crippen LogP contribution in [-0.4, -0.2) is 27.4 Å². The molecule has 1 atom stereocenters. The van der Waals surface area contributed by atoms with Crippen molar-refractivity contribution in [3.63, 3.8) is 0 Å². The highest BCUT2D eigenvalue weighted by Crippen LogP contribution is 2.24. The molecule has 21 heavy (non-hydrogen) atoms. The van der Waals surface area contributed by atoms with Crippen molar-refractivity contribution in [1.29, 1.82) is 0 Å². The monoisotopic (exact) mass is 286 g/mol. The van der Waals surface area contributed by atoms with Crippen molar-refractivity contribution in [2.24, 2.45) is 0 Å². The standard InChI is InChI=1S/C16H18N2O3/c1-3-18(11(2)12-6-4-7-13(19)10-12)16(21)14-8-5-9-15(20)17-14/h4-11,19H,3H2,1-2H3,(H,17,20). The van der Waals surface area contributed by atoms with Crippen molar-refractivity contribution in [3.05, 3.63) is 64.1 Å². The Morgan fingerprint density at radius 2 is 2.00 bits per heavy atom. The molecule has 5 nitrogen and oxygen atoms in total. The topological polar surface area (TPSA) is 73.4 Å². The van der Waals surface area contributed by atoms with E-state index < -0.39 is 0 Å². The molecule has 1 unspecified atom stereocenters. The van der Waals surface area contributed by atoms with E-state index in [9.17, 15) is 14.7 Å². The van der Waals surface area contributed by atoms with E-state index in [1.807, 2.05) is 19.9 Å². The minimum atomic E-state index is -0.304. The third-order valence-electron chi connectivity index (χ3n) is 3.42. The van der Waals surface area contributed by atoms with Crippen LogP contribution in [0.25, 0.3) is 0 Å². The van der Waals surface area contributed by atoms with Gasteiger partial charge in [0.25, 0.3) is 5.91 Å². The van der Waals surface area contributed by atoms with Crippen LogP contribution < -0.4 is 5.56 Å². The molecule has 2 aromatic rings. The molecule has 110 valence electrons. The molecule has 1 heterocycles. The highest BCUT2D eigenvalue weighted by molar-refractivity contribution is 5.92. The summed E-state index contributed by atoms with van der Waals surface area (Å²) in [6.07, 6.45) is 0. The number of benzene rings is 1. The molecule has 5 heteroatoms. The number of H-pyrrole nitrogens is 1. The molecule has 0 bridgehead atoms. The van der Waals surface area contributed by atoms with Gasteiger partial charge in [0.2, 0.25) is 5.56 Å². The van der Waals surface area contributed by atoms with Crippen molar-refractivity contribution >= 4 is 5.91 Å². The average molecular weight is 286 g/mol. The van der Waals surface area contributed by atoms with Gasteiger partial charge < -0.3 is 15.0 Å². The van der Waals surface area contributed by atoms with E-state index in [-0.39, 0.29) is 29.0 Å². The van der Waals surface area contributed by atoms with E-state index in [0.29, 0.717) is 6.54 Å². The molecule has 1 aromatic carbocycles. The first-order valence-electron chi connectivity index (χ1n) is 6.82. The van der Waals surface area contributed by atoms with Crippen LogP contribution in [0.2, 0.25) is 0 Å². The maximum atomic E-state index is 12.5. The van der Waals surface area contributed by atoms with Gasteiger partial charge in [0.15, 0.2) is 0 Å². The quantitative estimate of drug-likeness (QED) is 0.905. The van der Waals surface area contributed by atoms with Crippen LogP contribution in [0.1, 0.15) is 35.9 Å². The summed E-state index contributed by atoms with van der Waals surface area (Å²) in [7, 11) is 0. The van der Waals surface area contributed by atoms with Crippen LogP contribution in [0.15, 0.2) is 47.3 Å². The third-order valence-corrected chi connectivity index (χ3v) is 3.42.